The molecule has 1 heterocycles. The highest BCUT2D eigenvalue weighted by Gasteiger charge is 2.30. The molecule has 4 N–H and O–H groups in total. The van der Waals surface area contributed by atoms with Gasteiger partial charge in [-0.25, -0.2) is 4.79 Å². The van der Waals surface area contributed by atoms with Crippen LogP contribution in [0.15, 0.2) is 30.3 Å². The van der Waals surface area contributed by atoms with Gasteiger partial charge in [0.15, 0.2) is 6.04 Å². The van der Waals surface area contributed by atoms with E-state index in [9.17, 15) is 9.59 Å². The largest absolute Gasteiger partial charge is 0.351 e. The van der Waals surface area contributed by atoms with Crippen molar-refractivity contribution in [3.8, 4) is 0 Å². The van der Waals surface area contributed by atoms with Gasteiger partial charge in [-0.2, -0.15) is 0 Å². The predicted octanol–water partition coefficient (Wildman–Crippen LogP) is 0.107. The van der Waals surface area contributed by atoms with Crippen molar-refractivity contribution in [2.45, 2.75) is 32.2 Å². The minimum Gasteiger partial charge on any atom is -0.351 e. The number of piperidine rings is 1. The number of urea groups is 1. The van der Waals surface area contributed by atoms with Crippen molar-refractivity contribution >= 4 is 11.9 Å². The van der Waals surface area contributed by atoms with Gasteiger partial charge in [0, 0.05) is 0 Å². The second kappa shape index (κ2) is 7.22. The summed E-state index contributed by atoms with van der Waals surface area (Å²) in [6.07, 6.45) is 3.33. The molecule has 0 aromatic heterocycles. The number of benzene rings is 1. The lowest BCUT2D eigenvalue weighted by atomic mass is 9.89. The van der Waals surface area contributed by atoms with E-state index in [1.165, 1.54) is 10.5 Å². The summed E-state index contributed by atoms with van der Waals surface area (Å²) in [6.45, 7) is 3.78. The van der Waals surface area contributed by atoms with Gasteiger partial charge in [-0.05, 0) is 37.7 Å². The Morgan fingerprint density at radius 2 is 1.90 bits per heavy atom. The van der Waals surface area contributed by atoms with E-state index in [2.05, 4.69) is 29.6 Å². The number of amides is 3. The molecule has 0 spiro atoms. The highest BCUT2D eigenvalue weighted by Crippen LogP contribution is 2.16. The summed E-state index contributed by atoms with van der Waals surface area (Å²) in [5, 5.41) is 2.17. The number of likely N-dealkylation sites (tertiary alicyclic amines) is 1. The van der Waals surface area contributed by atoms with Crippen LogP contribution in [0.4, 0.5) is 4.79 Å². The Morgan fingerprint density at radius 3 is 2.48 bits per heavy atom. The van der Waals surface area contributed by atoms with Crippen LogP contribution in [0.2, 0.25) is 0 Å². The molecule has 1 atom stereocenters. The monoisotopic (exact) mass is 290 g/mol. The Kier molecular flexibility index (Phi) is 5.33. The van der Waals surface area contributed by atoms with E-state index in [1.807, 2.05) is 13.0 Å². The molecule has 1 saturated heterocycles. The Hall–Kier alpha value is -1.88. The molecule has 0 unspecified atom stereocenters. The van der Waals surface area contributed by atoms with E-state index in [-0.39, 0.29) is 11.9 Å². The second-order valence-electron chi connectivity index (χ2n) is 5.87. The number of carbonyl (C=O) groups is 2. The summed E-state index contributed by atoms with van der Waals surface area (Å²) in [6, 6.07) is 9.53. The van der Waals surface area contributed by atoms with Gasteiger partial charge in [0.1, 0.15) is 0 Å². The maximum Gasteiger partial charge on any atom is 0.319 e. The number of hydrogen-bond donors (Lipinski definition) is 3. The van der Waals surface area contributed by atoms with Crippen molar-refractivity contribution in [3.63, 3.8) is 0 Å². The molecule has 21 heavy (non-hydrogen) atoms. The Morgan fingerprint density at radius 1 is 1.29 bits per heavy atom. The summed E-state index contributed by atoms with van der Waals surface area (Å²) in [4.78, 5) is 23.8. The number of nitrogens with two attached hydrogens (primary N) is 1. The van der Waals surface area contributed by atoms with Gasteiger partial charge in [-0.3, -0.25) is 10.1 Å². The molecule has 0 aliphatic carbocycles. The van der Waals surface area contributed by atoms with Crippen molar-refractivity contribution in [1.82, 2.24) is 5.32 Å². The number of quaternary nitrogens is 1. The smallest absolute Gasteiger partial charge is 0.319 e. The van der Waals surface area contributed by atoms with Crippen LogP contribution in [0.3, 0.4) is 0 Å². The summed E-state index contributed by atoms with van der Waals surface area (Å²) >= 11 is 0. The van der Waals surface area contributed by atoms with Crippen LogP contribution < -0.4 is 16.0 Å². The van der Waals surface area contributed by atoms with E-state index in [0.717, 1.165) is 32.4 Å². The van der Waals surface area contributed by atoms with Crippen molar-refractivity contribution < 1.29 is 14.5 Å². The molecule has 1 fully saturated rings. The second-order valence-corrected chi connectivity index (χ2v) is 5.87. The van der Waals surface area contributed by atoms with Gasteiger partial charge in [-0.1, -0.05) is 30.3 Å². The molecule has 2 rings (SSSR count). The summed E-state index contributed by atoms with van der Waals surface area (Å²) in [5.41, 5.74) is 6.37. The van der Waals surface area contributed by atoms with E-state index >= 15 is 0 Å². The van der Waals surface area contributed by atoms with Crippen LogP contribution >= 0.6 is 0 Å². The molecule has 1 aliphatic heterocycles. The van der Waals surface area contributed by atoms with Crippen LogP contribution in [0.25, 0.3) is 0 Å². The Bertz CT molecular complexity index is 482. The molecule has 5 heteroatoms. The third kappa shape index (κ3) is 4.56. The summed E-state index contributed by atoms with van der Waals surface area (Å²) in [5.74, 6) is 0.404. The Labute approximate surface area is 125 Å². The SMILES string of the molecule is C[C@H](C(=O)NC(N)=O)[NH+]1CCC(Cc2ccccc2)CC1. The van der Waals surface area contributed by atoms with Crippen molar-refractivity contribution in [3.05, 3.63) is 35.9 Å². The van der Waals surface area contributed by atoms with E-state index < -0.39 is 6.03 Å². The maximum absolute atomic E-state index is 11.8. The molecule has 1 aliphatic rings. The number of imide groups is 1. The van der Waals surface area contributed by atoms with E-state index in [1.54, 1.807) is 0 Å². The fourth-order valence-corrected chi connectivity index (χ4v) is 3.05. The topological polar surface area (TPSA) is 76.6 Å². The molecule has 1 aromatic carbocycles. The fourth-order valence-electron chi connectivity index (χ4n) is 3.05. The standard InChI is InChI=1S/C16H23N3O2/c1-12(15(20)18-16(17)21)19-9-7-14(8-10-19)11-13-5-3-2-4-6-13/h2-6,12,14H,7-11H2,1H3,(H3,17,18,20,21)/p+1/t12-/m1/s1. The third-order valence-corrected chi connectivity index (χ3v) is 4.37. The van der Waals surface area contributed by atoms with Crippen LogP contribution in [0, 0.1) is 5.92 Å². The lowest BCUT2D eigenvalue weighted by molar-refractivity contribution is -0.920. The van der Waals surface area contributed by atoms with Gasteiger partial charge in [0.25, 0.3) is 5.91 Å². The molecule has 3 amide bonds. The highest BCUT2D eigenvalue weighted by atomic mass is 16.2. The van der Waals surface area contributed by atoms with Gasteiger partial charge < -0.3 is 10.6 Å². The van der Waals surface area contributed by atoms with Gasteiger partial charge in [0.2, 0.25) is 0 Å². The van der Waals surface area contributed by atoms with Gasteiger partial charge >= 0.3 is 6.03 Å². The molecule has 114 valence electrons. The van der Waals surface area contributed by atoms with Gasteiger partial charge in [0.05, 0.1) is 13.1 Å². The number of nitrogens with one attached hydrogen (secondary N) is 2. The van der Waals surface area contributed by atoms with Crippen molar-refractivity contribution in [1.29, 1.82) is 0 Å². The van der Waals surface area contributed by atoms with Gasteiger partial charge in [-0.15, -0.1) is 0 Å². The number of rotatable bonds is 4. The molecule has 1 aromatic rings. The molecule has 5 nitrogen and oxygen atoms in total. The highest BCUT2D eigenvalue weighted by molar-refractivity contribution is 5.95. The first-order chi connectivity index (χ1) is 10.1. The van der Waals surface area contributed by atoms with Crippen LogP contribution in [-0.4, -0.2) is 31.1 Å². The molecule has 0 radical (unpaired) electrons. The first-order valence-corrected chi connectivity index (χ1v) is 7.55. The number of hydrogen-bond acceptors (Lipinski definition) is 2. The number of primary amides is 1. The van der Waals surface area contributed by atoms with E-state index in [0.29, 0.717) is 5.92 Å². The lowest BCUT2D eigenvalue weighted by Crippen LogP contribution is -3.17. The van der Waals surface area contributed by atoms with Crippen molar-refractivity contribution in [2.75, 3.05) is 13.1 Å². The molecule has 0 saturated carbocycles. The van der Waals surface area contributed by atoms with E-state index in [4.69, 9.17) is 5.73 Å². The summed E-state index contributed by atoms with van der Waals surface area (Å²) < 4.78 is 0. The molecular formula is C16H24N3O2+. The first kappa shape index (κ1) is 15.5. The third-order valence-electron chi connectivity index (χ3n) is 4.37. The Balaban J connectivity index is 1.80. The zero-order valence-corrected chi connectivity index (χ0v) is 12.5. The van der Waals surface area contributed by atoms with Crippen molar-refractivity contribution in [2.24, 2.45) is 11.7 Å². The van der Waals surface area contributed by atoms with Crippen LogP contribution in [0.1, 0.15) is 25.3 Å². The minimum atomic E-state index is -0.773. The normalized spacial score (nSPS) is 23.3. The zero-order chi connectivity index (χ0) is 15.2. The average Bonchev–Trinajstić information content (AvgIpc) is 2.47. The quantitative estimate of drug-likeness (QED) is 0.736. The van der Waals surface area contributed by atoms with Crippen LogP contribution in [-0.2, 0) is 11.2 Å². The lowest BCUT2D eigenvalue weighted by Gasteiger charge is -2.32. The minimum absolute atomic E-state index is 0.227. The maximum atomic E-state index is 11.8. The fraction of sp³-hybridized carbons (Fsp3) is 0.500. The average molecular weight is 290 g/mol. The number of carbonyl (C=O) groups excluding carboxylic acids is 2. The zero-order valence-electron chi connectivity index (χ0n) is 12.5. The predicted molar refractivity (Wildman–Crippen MR) is 80.8 cm³/mol. The molecule has 0 bridgehead atoms. The van der Waals surface area contributed by atoms with Crippen LogP contribution in [0.5, 0.6) is 0 Å². The summed E-state index contributed by atoms with van der Waals surface area (Å²) in [7, 11) is 0. The first-order valence-electron chi connectivity index (χ1n) is 7.55. The molecular weight excluding hydrogens is 266 g/mol.